The van der Waals surface area contributed by atoms with Crippen molar-refractivity contribution in [3.05, 3.63) is 0 Å². The first-order chi connectivity index (χ1) is 4.90. The zero-order valence-corrected chi connectivity index (χ0v) is 8.27. The fourth-order valence-electron chi connectivity index (χ4n) is 0.818. The van der Waals surface area contributed by atoms with Gasteiger partial charge in [-0.25, -0.2) is 0 Å². The van der Waals surface area contributed by atoms with E-state index < -0.39 is 0 Å². The minimum absolute atomic E-state index is 0.145. The number of ketones is 1. The predicted molar refractivity (Wildman–Crippen MR) is 47.7 cm³/mol. The quantitative estimate of drug-likeness (QED) is 0.619. The Morgan fingerprint density at radius 1 is 1.45 bits per heavy atom. The van der Waals surface area contributed by atoms with Crippen LogP contribution in [0.5, 0.6) is 0 Å². The van der Waals surface area contributed by atoms with E-state index in [9.17, 15) is 4.79 Å². The summed E-state index contributed by atoms with van der Waals surface area (Å²) < 4.78 is 0. The van der Waals surface area contributed by atoms with Crippen molar-refractivity contribution in [1.29, 1.82) is 0 Å². The van der Waals surface area contributed by atoms with Crippen LogP contribution in [0.3, 0.4) is 0 Å². The van der Waals surface area contributed by atoms with Gasteiger partial charge in [0.1, 0.15) is 5.78 Å². The smallest absolute Gasteiger partial charge is 0.143 e. The molecule has 0 saturated heterocycles. The highest BCUT2D eigenvalue weighted by Crippen LogP contribution is 2.15. The van der Waals surface area contributed by atoms with Gasteiger partial charge in [0.25, 0.3) is 0 Å². The summed E-state index contributed by atoms with van der Waals surface area (Å²) in [5, 5.41) is 0. The highest BCUT2D eigenvalue weighted by Gasteiger charge is 2.21. The molecule has 0 aromatic rings. The Hall–Kier alpha value is -0.370. The van der Waals surface area contributed by atoms with Gasteiger partial charge in [-0.3, -0.25) is 9.69 Å². The Morgan fingerprint density at radius 3 is 2.18 bits per heavy atom. The third-order valence-corrected chi connectivity index (χ3v) is 2.36. The molecule has 0 aliphatic rings. The average molecular weight is 157 g/mol. The molecule has 0 bridgehead atoms. The predicted octanol–water partition coefficient (Wildman–Crippen LogP) is 1.70. The van der Waals surface area contributed by atoms with Gasteiger partial charge >= 0.3 is 0 Å². The minimum Gasteiger partial charge on any atom is -0.299 e. The number of rotatable bonds is 4. The molecular formula is C9H19NO. The average Bonchev–Trinajstić information content (AvgIpc) is 1.86. The topological polar surface area (TPSA) is 20.3 Å². The lowest BCUT2D eigenvalue weighted by atomic mass is 10.00. The number of hydrogen-bond acceptors (Lipinski definition) is 2. The Labute approximate surface area is 69.6 Å². The van der Waals surface area contributed by atoms with Crippen molar-refractivity contribution in [1.82, 2.24) is 4.90 Å². The van der Waals surface area contributed by atoms with E-state index in [1.807, 2.05) is 7.05 Å². The molecule has 11 heavy (non-hydrogen) atoms. The molecule has 2 nitrogen and oxygen atoms in total. The number of Topliss-reactive ketones (excluding diaryl/α,β-unsaturated/α-hetero) is 1. The van der Waals surface area contributed by atoms with E-state index in [2.05, 4.69) is 25.7 Å². The van der Waals surface area contributed by atoms with E-state index in [0.29, 0.717) is 6.54 Å². The molecule has 0 aliphatic heterocycles. The van der Waals surface area contributed by atoms with Crippen LogP contribution in [-0.2, 0) is 4.79 Å². The number of carbonyl (C=O) groups excluding carboxylic acids is 1. The van der Waals surface area contributed by atoms with Gasteiger partial charge in [0.2, 0.25) is 0 Å². The van der Waals surface area contributed by atoms with Crippen molar-refractivity contribution in [3.8, 4) is 0 Å². The Bertz CT molecular complexity index is 140. The molecule has 0 unspecified atom stereocenters. The molecule has 0 amide bonds. The van der Waals surface area contributed by atoms with Crippen molar-refractivity contribution in [2.24, 2.45) is 0 Å². The summed E-state index contributed by atoms with van der Waals surface area (Å²) in [5.74, 6) is 0.231. The molecule has 0 N–H and O–H groups in total. The number of likely N-dealkylation sites (N-methyl/N-ethyl adjacent to an activating group) is 1. The van der Waals surface area contributed by atoms with Crippen molar-refractivity contribution in [3.63, 3.8) is 0 Å². The molecule has 0 rings (SSSR count). The van der Waals surface area contributed by atoms with Crippen LogP contribution in [0.1, 0.15) is 34.1 Å². The van der Waals surface area contributed by atoms with Crippen LogP contribution in [0.25, 0.3) is 0 Å². The molecule has 0 aromatic carbocycles. The molecule has 0 spiro atoms. The largest absolute Gasteiger partial charge is 0.299 e. The van der Waals surface area contributed by atoms with E-state index in [1.165, 1.54) is 0 Å². The van der Waals surface area contributed by atoms with Gasteiger partial charge in [0.05, 0.1) is 6.54 Å². The third-order valence-electron chi connectivity index (χ3n) is 2.36. The number of hydrogen-bond donors (Lipinski definition) is 0. The zero-order valence-electron chi connectivity index (χ0n) is 8.27. The number of nitrogens with zero attached hydrogens (tertiary/aromatic N) is 1. The molecule has 0 aromatic heterocycles. The van der Waals surface area contributed by atoms with Crippen molar-refractivity contribution < 1.29 is 4.79 Å². The van der Waals surface area contributed by atoms with Crippen LogP contribution in [-0.4, -0.2) is 29.8 Å². The molecule has 0 radical (unpaired) electrons. The number of carbonyl (C=O) groups is 1. The highest BCUT2D eigenvalue weighted by molar-refractivity contribution is 5.77. The van der Waals surface area contributed by atoms with Crippen LogP contribution >= 0.6 is 0 Å². The second-order valence-corrected chi connectivity index (χ2v) is 3.72. The molecule has 0 heterocycles. The van der Waals surface area contributed by atoms with Gasteiger partial charge < -0.3 is 0 Å². The van der Waals surface area contributed by atoms with E-state index in [1.54, 1.807) is 6.92 Å². The maximum Gasteiger partial charge on any atom is 0.143 e. The maximum atomic E-state index is 10.8. The second kappa shape index (κ2) is 3.86. The fraction of sp³-hybridized carbons (Fsp3) is 0.889. The summed E-state index contributed by atoms with van der Waals surface area (Å²) >= 11 is 0. The molecular weight excluding hydrogens is 138 g/mol. The lowest BCUT2D eigenvalue weighted by Crippen LogP contribution is -2.42. The van der Waals surface area contributed by atoms with E-state index >= 15 is 0 Å². The Morgan fingerprint density at radius 2 is 1.91 bits per heavy atom. The highest BCUT2D eigenvalue weighted by atomic mass is 16.1. The van der Waals surface area contributed by atoms with E-state index in [4.69, 9.17) is 0 Å². The molecule has 0 saturated carbocycles. The summed E-state index contributed by atoms with van der Waals surface area (Å²) in [7, 11) is 1.99. The summed E-state index contributed by atoms with van der Waals surface area (Å²) in [6, 6.07) is 0. The lowest BCUT2D eigenvalue weighted by Gasteiger charge is -2.33. The summed E-state index contributed by atoms with van der Waals surface area (Å²) in [5.41, 5.74) is 0.145. The molecule has 0 atom stereocenters. The molecule has 0 aliphatic carbocycles. The van der Waals surface area contributed by atoms with Crippen LogP contribution in [0, 0.1) is 0 Å². The van der Waals surface area contributed by atoms with E-state index in [-0.39, 0.29) is 11.3 Å². The molecule has 0 fully saturated rings. The summed E-state index contributed by atoms with van der Waals surface area (Å²) in [6.45, 7) is 8.62. The Kier molecular flexibility index (Phi) is 3.73. The standard InChI is InChI=1S/C9H19NO/c1-6-9(3,4)10(5)7-8(2)11/h6-7H2,1-5H3. The summed E-state index contributed by atoms with van der Waals surface area (Å²) in [4.78, 5) is 12.9. The zero-order chi connectivity index (χ0) is 9.07. The normalized spacial score (nSPS) is 12.2. The van der Waals surface area contributed by atoms with Gasteiger partial charge in [-0.2, -0.15) is 0 Å². The first-order valence-corrected chi connectivity index (χ1v) is 4.11. The molecule has 66 valence electrons. The third kappa shape index (κ3) is 3.51. The van der Waals surface area contributed by atoms with Gasteiger partial charge in [0, 0.05) is 5.54 Å². The fourth-order valence-corrected chi connectivity index (χ4v) is 0.818. The van der Waals surface area contributed by atoms with Gasteiger partial charge in [-0.05, 0) is 34.2 Å². The van der Waals surface area contributed by atoms with Gasteiger partial charge in [0.15, 0.2) is 0 Å². The van der Waals surface area contributed by atoms with Crippen LogP contribution in [0.2, 0.25) is 0 Å². The Balaban J connectivity index is 4.01. The van der Waals surface area contributed by atoms with E-state index in [0.717, 1.165) is 6.42 Å². The van der Waals surface area contributed by atoms with Gasteiger partial charge in [-0.15, -0.1) is 0 Å². The van der Waals surface area contributed by atoms with Crippen molar-refractivity contribution in [2.45, 2.75) is 39.7 Å². The first kappa shape index (κ1) is 10.6. The lowest BCUT2D eigenvalue weighted by molar-refractivity contribution is -0.119. The monoisotopic (exact) mass is 157 g/mol. The van der Waals surface area contributed by atoms with Crippen LogP contribution in [0.15, 0.2) is 0 Å². The molecule has 2 heteroatoms. The first-order valence-electron chi connectivity index (χ1n) is 4.11. The van der Waals surface area contributed by atoms with Gasteiger partial charge in [-0.1, -0.05) is 6.92 Å². The van der Waals surface area contributed by atoms with Crippen LogP contribution in [0.4, 0.5) is 0 Å². The van der Waals surface area contributed by atoms with Crippen LogP contribution < -0.4 is 0 Å². The summed E-state index contributed by atoms with van der Waals surface area (Å²) in [6.07, 6.45) is 1.07. The SMILES string of the molecule is CCC(C)(C)N(C)CC(C)=O. The maximum absolute atomic E-state index is 10.8. The van der Waals surface area contributed by atoms with Crippen molar-refractivity contribution >= 4 is 5.78 Å². The second-order valence-electron chi connectivity index (χ2n) is 3.72. The minimum atomic E-state index is 0.145. The van der Waals surface area contributed by atoms with Crippen molar-refractivity contribution in [2.75, 3.05) is 13.6 Å².